The van der Waals surface area contributed by atoms with Crippen molar-refractivity contribution in [1.29, 1.82) is 0 Å². The number of halogens is 2. The van der Waals surface area contributed by atoms with Gasteiger partial charge in [-0.2, -0.15) is 0 Å². The highest BCUT2D eigenvalue weighted by molar-refractivity contribution is 9.10. The topological polar surface area (TPSA) is 35.6 Å². The molecule has 0 radical (unpaired) electrons. The van der Waals surface area contributed by atoms with Gasteiger partial charge in [0.2, 0.25) is 0 Å². The fourth-order valence-corrected chi connectivity index (χ4v) is 10.9. The number of rotatable bonds is 8. The molecule has 14 rings (SSSR count). The van der Waals surface area contributed by atoms with Gasteiger partial charge in [0.05, 0.1) is 33.5 Å². The van der Waals surface area contributed by atoms with Gasteiger partial charge in [0.15, 0.2) is 0 Å². The molecular formula is C70H48BrFN4. The molecule has 10 aromatic carbocycles. The van der Waals surface area contributed by atoms with Crippen molar-refractivity contribution in [2.45, 2.75) is 0 Å². The highest BCUT2D eigenvalue weighted by atomic mass is 79.9. The lowest BCUT2D eigenvalue weighted by Gasteiger charge is -2.13. The van der Waals surface area contributed by atoms with E-state index in [-0.39, 0.29) is 4.70 Å². The summed E-state index contributed by atoms with van der Waals surface area (Å²) in [5.41, 5.74) is 19.4. The van der Waals surface area contributed by atoms with Crippen LogP contribution in [0.5, 0.6) is 0 Å². The van der Waals surface area contributed by atoms with Crippen molar-refractivity contribution < 1.29 is 4.70 Å². The Bertz CT molecular complexity index is 4210. The summed E-state index contributed by atoms with van der Waals surface area (Å²) in [4.78, 5) is 9.87. The first-order valence-electron chi connectivity index (χ1n) is 25.2. The van der Waals surface area contributed by atoms with Gasteiger partial charge in [-0.3, -0.25) is 9.27 Å². The van der Waals surface area contributed by atoms with E-state index >= 15 is 0 Å². The maximum Gasteiger partial charge on any atom is 0.138 e. The fourth-order valence-electron chi connectivity index (χ4n) is 10.5. The van der Waals surface area contributed by atoms with E-state index in [0.717, 1.165) is 60.8 Å². The molecule has 0 fully saturated rings. The van der Waals surface area contributed by atoms with E-state index in [0.29, 0.717) is 0 Å². The third kappa shape index (κ3) is 9.16. The third-order valence-electron chi connectivity index (χ3n) is 14.1. The summed E-state index contributed by atoms with van der Waals surface area (Å²) < 4.78 is 5.59. The average molecular weight is 1040 g/mol. The Hall–Kier alpha value is -9.49. The molecule has 0 N–H and O–H groups in total. The van der Waals surface area contributed by atoms with Crippen LogP contribution in [0.1, 0.15) is 0 Å². The van der Waals surface area contributed by atoms with Crippen molar-refractivity contribution in [1.82, 2.24) is 19.1 Å². The summed E-state index contributed by atoms with van der Waals surface area (Å²) in [6, 6.07) is 101. The number of hydrogen-bond donors (Lipinski definition) is 0. The van der Waals surface area contributed by atoms with E-state index in [1.807, 2.05) is 42.5 Å². The zero-order valence-electron chi connectivity index (χ0n) is 41.2. The van der Waals surface area contributed by atoms with Crippen molar-refractivity contribution >= 4 is 59.5 Å². The Kier molecular flexibility index (Phi) is 13.0. The summed E-state index contributed by atoms with van der Waals surface area (Å²) in [7, 11) is 0. The van der Waals surface area contributed by atoms with E-state index in [2.05, 4.69) is 273 Å². The van der Waals surface area contributed by atoms with Crippen molar-refractivity contribution in [3.05, 3.63) is 290 Å². The summed E-state index contributed by atoms with van der Waals surface area (Å²) >= 11 is 3.50. The van der Waals surface area contributed by atoms with Gasteiger partial charge in [0.1, 0.15) is 10.4 Å². The number of fused-ring (bicyclic) bond motifs is 6. The minimum Gasteiger partial charge on any atom is -0.309 e. The van der Waals surface area contributed by atoms with Gasteiger partial charge >= 0.3 is 0 Å². The Morgan fingerprint density at radius 2 is 0.645 bits per heavy atom. The normalized spacial score (nSPS) is 11.1. The van der Waals surface area contributed by atoms with Crippen LogP contribution in [0.3, 0.4) is 0 Å². The molecule has 0 saturated heterocycles. The second kappa shape index (κ2) is 20.8. The lowest BCUT2D eigenvalue weighted by atomic mass is 10.0. The highest BCUT2D eigenvalue weighted by Gasteiger charge is 2.18. The van der Waals surface area contributed by atoms with Gasteiger partial charge < -0.3 is 4.57 Å². The molecule has 362 valence electrons. The SMILES string of the molecule is Brc1cc(-c2ccccc2)cc(-c2ccccc2)n1.F.c1ccc(-c2ccc(-n3c4ccccc4c4ccc(-c5ccc6c(c5)c5ccccc5n6-c5cc(-c6ccccc6)cc(-c6ccccc6)n5)cc43)cc2)cc1. The first kappa shape index (κ1) is 47.5. The van der Waals surface area contributed by atoms with Crippen molar-refractivity contribution in [2.24, 2.45) is 0 Å². The van der Waals surface area contributed by atoms with Crippen molar-refractivity contribution in [2.75, 3.05) is 0 Å². The van der Waals surface area contributed by atoms with Crippen LogP contribution < -0.4 is 0 Å². The number of para-hydroxylation sites is 2. The summed E-state index contributed by atoms with van der Waals surface area (Å²) in [5, 5.41) is 4.89. The third-order valence-corrected chi connectivity index (χ3v) is 14.5. The molecule has 4 aromatic heterocycles. The van der Waals surface area contributed by atoms with Crippen LogP contribution in [0, 0.1) is 0 Å². The average Bonchev–Trinajstić information content (AvgIpc) is 4.09. The zero-order valence-corrected chi connectivity index (χ0v) is 42.8. The molecule has 0 aliphatic rings. The van der Waals surface area contributed by atoms with Crippen LogP contribution in [0.25, 0.3) is 122 Å². The molecule has 14 aromatic rings. The first-order chi connectivity index (χ1) is 37.1. The van der Waals surface area contributed by atoms with E-state index in [1.54, 1.807) is 0 Å². The van der Waals surface area contributed by atoms with E-state index in [9.17, 15) is 0 Å². The second-order valence-electron chi connectivity index (χ2n) is 18.7. The minimum atomic E-state index is 0. The van der Waals surface area contributed by atoms with Crippen LogP contribution in [-0.2, 0) is 0 Å². The van der Waals surface area contributed by atoms with Gasteiger partial charge in [-0.05, 0) is 127 Å². The van der Waals surface area contributed by atoms with Gasteiger partial charge in [-0.15, -0.1) is 0 Å². The molecule has 0 unspecified atom stereocenters. The van der Waals surface area contributed by atoms with Crippen LogP contribution >= 0.6 is 15.9 Å². The molecule has 76 heavy (non-hydrogen) atoms. The first-order valence-corrected chi connectivity index (χ1v) is 26.0. The number of pyridine rings is 2. The molecule has 0 saturated carbocycles. The monoisotopic (exact) mass is 1040 g/mol. The predicted octanol–water partition coefficient (Wildman–Crippen LogP) is 19.3. The lowest BCUT2D eigenvalue weighted by molar-refractivity contribution is 1.08. The summed E-state index contributed by atoms with van der Waals surface area (Å²) in [6.45, 7) is 0. The Labute approximate surface area is 449 Å². The smallest absolute Gasteiger partial charge is 0.138 e. The molecular weight excluding hydrogens is 996 g/mol. The summed E-state index contributed by atoms with van der Waals surface area (Å²) in [5.74, 6) is 0.897. The number of aromatic nitrogens is 4. The van der Waals surface area contributed by atoms with Crippen LogP contribution in [0.15, 0.2) is 290 Å². The lowest BCUT2D eigenvalue weighted by Crippen LogP contribution is -2.00. The van der Waals surface area contributed by atoms with Crippen LogP contribution in [0.2, 0.25) is 0 Å². The molecule has 0 aliphatic heterocycles. The Morgan fingerprint density at radius 1 is 0.250 bits per heavy atom. The van der Waals surface area contributed by atoms with Crippen molar-refractivity contribution in [3.8, 4) is 78.5 Å². The zero-order chi connectivity index (χ0) is 50.1. The van der Waals surface area contributed by atoms with Crippen molar-refractivity contribution in [3.63, 3.8) is 0 Å². The summed E-state index contributed by atoms with van der Waals surface area (Å²) in [6.07, 6.45) is 0. The molecule has 0 amide bonds. The number of nitrogens with zero attached hydrogens (tertiary/aromatic N) is 4. The van der Waals surface area contributed by atoms with Crippen LogP contribution in [-0.4, -0.2) is 19.1 Å². The van der Waals surface area contributed by atoms with E-state index in [1.165, 1.54) is 66.0 Å². The molecule has 6 heteroatoms. The van der Waals surface area contributed by atoms with Gasteiger partial charge in [0, 0.05) is 38.4 Å². The van der Waals surface area contributed by atoms with Crippen LogP contribution in [0.4, 0.5) is 4.70 Å². The molecule has 0 aliphatic carbocycles. The van der Waals surface area contributed by atoms with E-state index in [4.69, 9.17) is 4.98 Å². The van der Waals surface area contributed by atoms with Gasteiger partial charge in [0.25, 0.3) is 0 Å². The second-order valence-corrected chi connectivity index (χ2v) is 19.5. The van der Waals surface area contributed by atoms with E-state index < -0.39 is 0 Å². The van der Waals surface area contributed by atoms with Gasteiger partial charge in [-0.1, -0.05) is 218 Å². The maximum atomic E-state index is 5.33. The molecule has 0 atom stereocenters. The fraction of sp³-hybridized carbons (Fsp3) is 0. The molecule has 0 spiro atoms. The maximum absolute atomic E-state index is 5.33. The number of hydrogen-bond acceptors (Lipinski definition) is 2. The van der Waals surface area contributed by atoms with Gasteiger partial charge in [-0.25, -0.2) is 9.97 Å². The Morgan fingerprint density at radius 3 is 1.22 bits per heavy atom. The molecule has 4 nitrogen and oxygen atoms in total. The minimum absolute atomic E-state index is 0. The number of benzene rings is 10. The quantitative estimate of drug-likeness (QED) is 0.142. The largest absolute Gasteiger partial charge is 0.309 e. The molecule has 0 bridgehead atoms. The Balaban J connectivity index is 0.000000246. The predicted molar refractivity (Wildman–Crippen MR) is 320 cm³/mol. The molecule has 4 heterocycles. The standard InChI is InChI=1S/C53H35N3.C17H12BrN.FH/c1-4-14-36(15-5-1)38-24-28-43(29-25-38)55-49-22-12-10-20-44(49)46-30-26-41(34-52(46)55)40-27-31-51-47(32-40)45-21-11-13-23-50(45)56(51)53-35-42(37-16-6-2-7-17-37)33-48(54-53)39-18-8-3-9-19-39;18-17-12-15(13-7-3-1-4-8-13)11-16(19-17)14-9-5-2-6-10-14;/h1-35H;1-12H;1H. The highest BCUT2D eigenvalue weighted by Crippen LogP contribution is 2.40.